The van der Waals surface area contributed by atoms with Gasteiger partial charge in [0.05, 0.1) is 11.4 Å². The zero-order valence-electron chi connectivity index (χ0n) is 15.6. The molecule has 4 rings (SSSR count). The Kier molecular flexibility index (Phi) is 4.80. The fourth-order valence-corrected chi connectivity index (χ4v) is 4.57. The first kappa shape index (κ1) is 17.9. The standard InChI is InChI=1S/C20H23N5OS/c1-13(18(21)26)24-8-10-25(11-9-24)19-17-16(15-6-4-3-5-7-15)12-27-20(17)23-14(2)22-19/h3-7,12-13H,8-11H2,1-2H3,(H2,21,26). The van der Waals surface area contributed by atoms with Crippen molar-refractivity contribution < 1.29 is 4.79 Å². The van der Waals surface area contributed by atoms with Crippen molar-refractivity contribution in [2.75, 3.05) is 31.1 Å². The summed E-state index contributed by atoms with van der Waals surface area (Å²) in [6, 6.07) is 10.1. The number of benzene rings is 1. The number of amides is 1. The monoisotopic (exact) mass is 381 g/mol. The van der Waals surface area contributed by atoms with E-state index in [4.69, 9.17) is 10.7 Å². The van der Waals surface area contributed by atoms with Gasteiger partial charge < -0.3 is 10.6 Å². The number of piperazine rings is 1. The molecule has 1 aromatic carbocycles. The molecule has 1 amide bonds. The summed E-state index contributed by atoms with van der Waals surface area (Å²) in [5, 5.41) is 3.29. The number of nitrogens with two attached hydrogens (primary N) is 1. The van der Waals surface area contributed by atoms with E-state index in [0.29, 0.717) is 0 Å². The van der Waals surface area contributed by atoms with Crippen LogP contribution in [0, 0.1) is 6.92 Å². The molecule has 1 saturated heterocycles. The first-order valence-corrected chi connectivity index (χ1v) is 10.0. The van der Waals surface area contributed by atoms with E-state index in [1.807, 2.05) is 19.9 Å². The van der Waals surface area contributed by atoms with Crippen LogP contribution in [0.3, 0.4) is 0 Å². The van der Waals surface area contributed by atoms with Crippen molar-refractivity contribution in [1.82, 2.24) is 14.9 Å². The summed E-state index contributed by atoms with van der Waals surface area (Å²) in [6.45, 7) is 7.02. The zero-order chi connectivity index (χ0) is 19.0. The number of fused-ring (bicyclic) bond motifs is 1. The molecule has 3 aromatic rings. The second-order valence-electron chi connectivity index (χ2n) is 6.89. The Morgan fingerprint density at radius 3 is 2.52 bits per heavy atom. The summed E-state index contributed by atoms with van der Waals surface area (Å²) >= 11 is 1.66. The Labute approximate surface area is 162 Å². The van der Waals surface area contributed by atoms with Crippen LogP contribution in [0.5, 0.6) is 0 Å². The van der Waals surface area contributed by atoms with E-state index in [-0.39, 0.29) is 11.9 Å². The molecule has 1 aliphatic rings. The SMILES string of the molecule is Cc1nc(N2CCN(C(C)C(N)=O)CC2)c2c(-c3ccccc3)csc2n1. The van der Waals surface area contributed by atoms with Crippen molar-refractivity contribution in [3.63, 3.8) is 0 Å². The van der Waals surface area contributed by atoms with E-state index in [1.54, 1.807) is 11.3 Å². The van der Waals surface area contributed by atoms with Crippen molar-refractivity contribution in [3.8, 4) is 11.1 Å². The number of aryl methyl sites for hydroxylation is 1. The molecule has 0 bridgehead atoms. The number of nitrogens with zero attached hydrogens (tertiary/aromatic N) is 4. The summed E-state index contributed by atoms with van der Waals surface area (Å²) in [5.41, 5.74) is 7.82. The minimum absolute atomic E-state index is 0.236. The number of primary amides is 1. The van der Waals surface area contributed by atoms with Crippen LogP contribution in [-0.4, -0.2) is 53.0 Å². The highest BCUT2D eigenvalue weighted by molar-refractivity contribution is 7.17. The normalized spacial score (nSPS) is 16.6. The maximum absolute atomic E-state index is 11.5. The maximum atomic E-state index is 11.5. The van der Waals surface area contributed by atoms with Crippen LogP contribution in [0.1, 0.15) is 12.7 Å². The van der Waals surface area contributed by atoms with Crippen molar-refractivity contribution in [2.45, 2.75) is 19.9 Å². The average Bonchev–Trinajstić information content (AvgIpc) is 3.11. The van der Waals surface area contributed by atoms with E-state index in [2.05, 4.69) is 44.4 Å². The van der Waals surface area contributed by atoms with Crippen molar-refractivity contribution in [3.05, 3.63) is 41.5 Å². The van der Waals surface area contributed by atoms with Gasteiger partial charge >= 0.3 is 0 Å². The molecule has 1 aliphatic heterocycles. The highest BCUT2D eigenvalue weighted by Gasteiger charge is 2.26. The van der Waals surface area contributed by atoms with Gasteiger partial charge in [0.25, 0.3) is 0 Å². The lowest BCUT2D eigenvalue weighted by atomic mass is 10.1. The van der Waals surface area contributed by atoms with Crippen molar-refractivity contribution >= 4 is 33.3 Å². The third-order valence-corrected chi connectivity index (χ3v) is 6.06. The van der Waals surface area contributed by atoms with Gasteiger partial charge in [-0.2, -0.15) is 0 Å². The molecule has 0 spiro atoms. The highest BCUT2D eigenvalue weighted by atomic mass is 32.1. The third-order valence-electron chi connectivity index (χ3n) is 5.18. The first-order chi connectivity index (χ1) is 13.0. The van der Waals surface area contributed by atoms with Gasteiger partial charge in [-0.05, 0) is 19.4 Å². The third kappa shape index (κ3) is 3.40. The fourth-order valence-electron chi connectivity index (χ4n) is 3.59. The predicted octanol–water partition coefficient (Wildman–Crippen LogP) is 2.66. The largest absolute Gasteiger partial charge is 0.368 e. The van der Waals surface area contributed by atoms with Gasteiger partial charge in [0.1, 0.15) is 16.5 Å². The molecule has 1 unspecified atom stereocenters. The van der Waals surface area contributed by atoms with E-state index < -0.39 is 0 Å². The summed E-state index contributed by atoms with van der Waals surface area (Å²) in [4.78, 5) is 26.4. The number of anilines is 1. The number of carbonyl (C=O) groups excluding carboxylic acids is 1. The number of rotatable bonds is 4. The molecule has 2 N–H and O–H groups in total. The van der Waals surface area contributed by atoms with Crippen molar-refractivity contribution in [2.24, 2.45) is 5.73 Å². The summed E-state index contributed by atoms with van der Waals surface area (Å²) in [5.74, 6) is 1.50. The number of hydrogen-bond acceptors (Lipinski definition) is 6. The van der Waals surface area contributed by atoms with Crippen LogP contribution >= 0.6 is 11.3 Å². The molecule has 0 radical (unpaired) electrons. The minimum atomic E-state index is -0.270. The van der Waals surface area contributed by atoms with Gasteiger partial charge in [-0.15, -0.1) is 11.3 Å². The highest BCUT2D eigenvalue weighted by Crippen LogP contribution is 2.38. The fraction of sp³-hybridized carbons (Fsp3) is 0.350. The topological polar surface area (TPSA) is 75.3 Å². The van der Waals surface area contributed by atoms with Gasteiger partial charge in [0, 0.05) is 37.1 Å². The molecule has 6 nitrogen and oxygen atoms in total. The molecular formula is C20H23N5OS. The molecule has 140 valence electrons. The second kappa shape index (κ2) is 7.25. The Morgan fingerprint density at radius 1 is 1.15 bits per heavy atom. The second-order valence-corrected chi connectivity index (χ2v) is 7.75. The van der Waals surface area contributed by atoms with Crippen LogP contribution in [0.2, 0.25) is 0 Å². The van der Waals surface area contributed by atoms with E-state index in [1.165, 1.54) is 11.1 Å². The molecule has 2 aromatic heterocycles. The van der Waals surface area contributed by atoms with Gasteiger partial charge in [0.15, 0.2) is 0 Å². The lowest BCUT2D eigenvalue weighted by molar-refractivity contribution is -0.122. The Balaban J connectivity index is 1.70. The predicted molar refractivity (Wildman–Crippen MR) is 110 cm³/mol. The number of hydrogen-bond donors (Lipinski definition) is 1. The van der Waals surface area contributed by atoms with Gasteiger partial charge in [0.2, 0.25) is 5.91 Å². The van der Waals surface area contributed by atoms with Gasteiger partial charge in [-0.1, -0.05) is 30.3 Å². The Hall–Kier alpha value is -2.51. The molecule has 27 heavy (non-hydrogen) atoms. The smallest absolute Gasteiger partial charge is 0.234 e. The van der Waals surface area contributed by atoms with E-state index in [0.717, 1.165) is 48.0 Å². The van der Waals surface area contributed by atoms with Crippen LogP contribution in [0.25, 0.3) is 21.3 Å². The molecule has 7 heteroatoms. The molecule has 1 atom stereocenters. The molecule has 1 fully saturated rings. The van der Waals surface area contributed by atoms with E-state index in [9.17, 15) is 4.79 Å². The summed E-state index contributed by atoms with van der Waals surface area (Å²) in [7, 11) is 0. The number of thiophene rings is 1. The minimum Gasteiger partial charge on any atom is -0.368 e. The summed E-state index contributed by atoms with van der Waals surface area (Å²) in [6.07, 6.45) is 0. The zero-order valence-corrected chi connectivity index (χ0v) is 16.4. The quantitative estimate of drug-likeness (QED) is 0.752. The molecule has 3 heterocycles. The van der Waals surface area contributed by atoms with Crippen LogP contribution in [-0.2, 0) is 4.79 Å². The lowest BCUT2D eigenvalue weighted by Crippen LogP contribution is -2.53. The lowest BCUT2D eigenvalue weighted by Gasteiger charge is -2.37. The molecule has 0 aliphatic carbocycles. The number of aromatic nitrogens is 2. The Morgan fingerprint density at radius 2 is 1.85 bits per heavy atom. The van der Waals surface area contributed by atoms with Crippen LogP contribution < -0.4 is 10.6 Å². The van der Waals surface area contributed by atoms with Crippen LogP contribution in [0.4, 0.5) is 5.82 Å². The van der Waals surface area contributed by atoms with Crippen LogP contribution in [0.15, 0.2) is 35.7 Å². The maximum Gasteiger partial charge on any atom is 0.234 e. The molecule has 0 saturated carbocycles. The summed E-state index contributed by atoms with van der Waals surface area (Å²) < 4.78 is 0. The van der Waals surface area contributed by atoms with E-state index >= 15 is 0 Å². The Bertz CT molecular complexity index is 963. The first-order valence-electron chi connectivity index (χ1n) is 9.14. The van der Waals surface area contributed by atoms with Gasteiger partial charge in [-0.3, -0.25) is 9.69 Å². The van der Waals surface area contributed by atoms with Crippen molar-refractivity contribution in [1.29, 1.82) is 0 Å². The number of carbonyl (C=O) groups is 1. The molecular weight excluding hydrogens is 358 g/mol. The van der Waals surface area contributed by atoms with Gasteiger partial charge in [-0.25, -0.2) is 9.97 Å². The average molecular weight is 382 g/mol.